The zero-order valence-corrected chi connectivity index (χ0v) is 13.0. The van der Waals surface area contributed by atoms with Gasteiger partial charge in [0.1, 0.15) is 0 Å². The van der Waals surface area contributed by atoms with Crippen molar-refractivity contribution in [3.05, 3.63) is 29.3 Å². The van der Waals surface area contributed by atoms with Crippen molar-refractivity contribution in [3.63, 3.8) is 0 Å². The zero-order chi connectivity index (χ0) is 14.4. The fraction of sp³-hybridized carbons (Fsp3) is 0.625. The standard InChI is InChI=1S/C16H28N2O/c1-13(2)11-18(9-8-17(4)5)16-7-6-15(12-19)10-14(16)3/h6-7,10,13,19H,8-9,11-12H2,1-5H3. The molecule has 1 rings (SSSR count). The lowest BCUT2D eigenvalue weighted by Crippen LogP contribution is -2.34. The Labute approximate surface area is 117 Å². The lowest BCUT2D eigenvalue weighted by Gasteiger charge is -2.29. The van der Waals surface area contributed by atoms with Crippen LogP contribution in [0.4, 0.5) is 5.69 Å². The number of likely N-dealkylation sites (N-methyl/N-ethyl adjacent to an activating group) is 1. The van der Waals surface area contributed by atoms with Gasteiger partial charge in [-0.05, 0) is 44.1 Å². The Bertz CT molecular complexity index is 388. The average Bonchev–Trinajstić information content (AvgIpc) is 2.34. The number of aryl methyl sites for hydroxylation is 1. The topological polar surface area (TPSA) is 26.7 Å². The Morgan fingerprint density at radius 3 is 2.32 bits per heavy atom. The molecule has 0 saturated heterocycles. The first-order valence-electron chi connectivity index (χ1n) is 7.04. The number of rotatable bonds is 7. The molecule has 19 heavy (non-hydrogen) atoms. The van der Waals surface area contributed by atoms with Crippen molar-refractivity contribution < 1.29 is 5.11 Å². The molecule has 3 heteroatoms. The first-order valence-corrected chi connectivity index (χ1v) is 7.04. The highest BCUT2D eigenvalue weighted by atomic mass is 16.3. The van der Waals surface area contributed by atoms with Gasteiger partial charge in [-0.25, -0.2) is 0 Å². The molecule has 1 aromatic rings. The second-order valence-electron chi connectivity index (χ2n) is 5.92. The maximum atomic E-state index is 9.19. The quantitative estimate of drug-likeness (QED) is 0.820. The van der Waals surface area contributed by atoms with Crippen LogP contribution in [-0.2, 0) is 6.61 Å². The van der Waals surface area contributed by atoms with Crippen LogP contribution in [0.5, 0.6) is 0 Å². The van der Waals surface area contributed by atoms with E-state index in [1.165, 1.54) is 11.3 Å². The van der Waals surface area contributed by atoms with Crippen molar-refractivity contribution in [1.82, 2.24) is 4.90 Å². The highest BCUT2D eigenvalue weighted by Gasteiger charge is 2.11. The van der Waals surface area contributed by atoms with Crippen molar-refractivity contribution in [2.75, 3.05) is 38.6 Å². The van der Waals surface area contributed by atoms with Crippen LogP contribution in [-0.4, -0.2) is 43.7 Å². The van der Waals surface area contributed by atoms with Gasteiger partial charge in [-0.2, -0.15) is 0 Å². The van der Waals surface area contributed by atoms with Crippen LogP contribution in [0.3, 0.4) is 0 Å². The highest BCUT2D eigenvalue weighted by Crippen LogP contribution is 2.22. The van der Waals surface area contributed by atoms with Crippen LogP contribution < -0.4 is 4.90 Å². The Hall–Kier alpha value is -1.06. The molecule has 0 fully saturated rings. The molecular weight excluding hydrogens is 236 g/mol. The molecule has 0 atom stereocenters. The lowest BCUT2D eigenvalue weighted by molar-refractivity contribution is 0.282. The predicted octanol–water partition coefficient (Wildman–Crippen LogP) is 2.51. The summed E-state index contributed by atoms with van der Waals surface area (Å²) in [7, 11) is 4.21. The van der Waals surface area contributed by atoms with Gasteiger partial charge in [0.2, 0.25) is 0 Å². The lowest BCUT2D eigenvalue weighted by atomic mass is 10.1. The van der Waals surface area contributed by atoms with Crippen LogP contribution in [0, 0.1) is 12.8 Å². The highest BCUT2D eigenvalue weighted by molar-refractivity contribution is 5.54. The van der Waals surface area contributed by atoms with Gasteiger partial charge < -0.3 is 14.9 Å². The summed E-state index contributed by atoms with van der Waals surface area (Å²) in [5.41, 5.74) is 3.51. The second-order valence-corrected chi connectivity index (χ2v) is 5.92. The van der Waals surface area contributed by atoms with Gasteiger partial charge in [0.25, 0.3) is 0 Å². The van der Waals surface area contributed by atoms with Crippen LogP contribution in [0.15, 0.2) is 18.2 Å². The molecule has 0 radical (unpaired) electrons. The summed E-state index contributed by atoms with van der Waals surface area (Å²) >= 11 is 0. The Balaban J connectivity index is 2.89. The monoisotopic (exact) mass is 264 g/mol. The van der Waals surface area contributed by atoms with Gasteiger partial charge in [0.05, 0.1) is 6.61 Å². The third kappa shape index (κ3) is 5.21. The van der Waals surface area contributed by atoms with E-state index in [-0.39, 0.29) is 6.61 Å². The SMILES string of the molecule is Cc1cc(CO)ccc1N(CCN(C)C)CC(C)C. The van der Waals surface area contributed by atoms with Crippen molar-refractivity contribution in [3.8, 4) is 0 Å². The van der Waals surface area contributed by atoms with Gasteiger partial charge >= 0.3 is 0 Å². The number of anilines is 1. The number of hydrogen-bond acceptors (Lipinski definition) is 3. The van der Waals surface area contributed by atoms with Gasteiger partial charge in [0, 0.05) is 25.3 Å². The fourth-order valence-corrected chi connectivity index (χ4v) is 2.24. The number of nitrogens with zero attached hydrogens (tertiary/aromatic N) is 2. The smallest absolute Gasteiger partial charge is 0.0681 e. The van der Waals surface area contributed by atoms with Crippen molar-refractivity contribution in [2.24, 2.45) is 5.92 Å². The van der Waals surface area contributed by atoms with E-state index in [0.29, 0.717) is 5.92 Å². The van der Waals surface area contributed by atoms with E-state index >= 15 is 0 Å². The molecule has 0 bridgehead atoms. The molecule has 1 N–H and O–H groups in total. The molecule has 0 aromatic heterocycles. The summed E-state index contributed by atoms with van der Waals surface area (Å²) < 4.78 is 0. The molecule has 0 unspecified atom stereocenters. The normalized spacial score (nSPS) is 11.4. The molecule has 0 aliphatic carbocycles. The molecule has 0 heterocycles. The Kier molecular flexibility index (Phi) is 6.32. The minimum atomic E-state index is 0.114. The van der Waals surface area contributed by atoms with Gasteiger partial charge in [0.15, 0.2) is 0 Å². The Morgan fingerprint density at radius 2 is 1.84 bits per heavy atom. The number of hydrogen-bond donors (Lipinski definition) is 1. The van der Waals surface area contributed by atoms with Gasteiger partial charge in [-0.3, -0.25) is 0 Å². The van der Waals surface area contributed by atoms with E-state index in [1.54, 1.807) is 0 Å². The van der Waals surface area contributed by atoms with Crippen LogP contribution in [0.25, 0.3) is 0 Å². The number of aliphatic hydroxyl groups is 1. The summed E-state index contributed by atoms with van der Waals surface area (Å²) in [6, 6.07) is 6.24. The van der Waals surface area contributed by atoms with Crippen molar-refractivity contribution in [2.45, 2.75) is 27.4 Å². The number of aliphatic hydroxyl groups excluding tert-OH is 1. The number of benzene rings is 1. The largest absolute Gasteiger partial charge is 0.392 e. The first kappa shape index (κ1) is 16.0. The van der Waals surface area contributed by atoms with Crippen molar-refractivity contribution >= 4 is 5.69 Å². The molecule has 108 valence electrons. The summed E-state index contributed by atoms with van der Waals surface area (Å²) in [6.07, 6.45) is 0. The van der Waals surface area contributed by atoms with E-state index in [1.807, 2.05) is 6.07 Å². The zero-order valence-electron chi connectivity index (χ0n) is 13.0. The summed E-state index contributed by atoms with van der Waals surface area (Å²) in [5, 5.41) is 9.19. The summed E-state index contributed by atoms with van der Waals surface area (Å²) in [4.78, 5) is 4.66. The average molecular weight is 264 g/mol. The molecular formula is C16H28N2O. The van der Waals surface area contributed by atoms with E-state index in [0.717, 1.165) is 25.2 Å². The minimum absolute atomic E-state index is 0.114. The first-order chi connectivity index (χ1) is 8.93. The summed E-state index contributed by atoms with van der Waals surface area (Å²) in [5.74, 6) is 0.638. The van der Waals surface area contributed by atoms with Crippen molar-refractivity contribution in [1.29, 1.82) is 0 Å². The molecule has 0 saturated carbocycles. The van der Waals surface area contributed by atoms with E-state index in [2.05, 4.69) is 56.8 Å². The van der Waals surface area contributed by atoms with E-state index < -0.39 is 0 Å². The van der Waals surface area contributed by atoms with Gasteiger partial charge in [-0.15, -0.1) is 0 Å². The maximum absolute atomic E-state index is 9.19. The predicted molar refractivity (Wildman–Crippen MR) is 82.7 cm³/mol. The van der Waals surface area contributed by atoms with Crippen LogP contribution in [0.1, 0.15) is 25.0 Å². The van der Waals surface area contributed by atoms with E-state index in [9.17, 15) is 5.11 Å². The third-order valence-corrected chi connectivity index (χ3v) is 3.19. The van der Waals surface area contributed by atoms with Crippen LogP contribution >= 0.6 is 0 Å². The minimum Gasteiger partial charge on any atom is -0.392 e. The Morgan fingerprint density at radius 1 is 1.16 bits per heavy atom. The second kappa shape index (κ2) is 7.51. The molecule has 0 aliphatic rings. The molecule has 0 aliphatic heterocycles. The fourth-order valence-electron chi connectivity index (χ4n) is 2.24. The summed E-state index contributed by atoms with van der Waals surface area (Å²) in [6.45, 7) is 9.88. The molecule has 3 nitrogen and oxygen atoms in total. The van der Waals surface area contributed by atoms with Crippen LogP contribution in [0.2, 0.25) is 0 Å². The molecule has 0 amide bonds. The molecule has 1 aromatic carbocycles. The molecule has 0 spiro atoms. The third-order valence-electron chi connectivity index (χ3n) is 3.19. The van der Waals surface area contributed by atoms with E-state index in [4.69, 9.17) is 0 Å². The van der Waals surface area contributed by atoms with Gasteiger partial charge in [-0.1, -0.05) is 26.0 Å². The maximum Gasteiger partial charge on any atom is 0.0681 e.